The van der Waals surface area contributed by atoms with Crippen molar-refractivity contribution in [2.24, 2.45) is 5.73 Å². The Morgan fingerprint density at radius 3 is 2.65 bits per heavy atom. The zero-order valence-electron chi connectivity index (χ0n) is 21.0. The summed E-state index contributed by atoms with van der Waals surface area (Å²) < 4.78 is 4.34. The van der Waals surface area contributed by atoms with E-state index in [0.717, 1.165) is 64.1 Å². The molecule has 1 atom stereocenters. The molecule has 4 heterocycles. The second-order valence-electron chi connectivity index (χ2n) is 9.99. The zero-order chi connectivity index (χ0) is 25.5. The van der Waals surface area contributed by atoms with Gasteiger partial charge in [-0.05, 0) is 55.2 Å². The number of hydrogen-bond acceptors (Lipinski definition) is 4. The molecule has 1 fully saturated rings. The number of carbonyl (C=O) groups excluding carboxylic acids is 1. The number of aliphatic hydroxyl groups is 1. The Balaban J connectivity index is 1.41. The van der Waals surface area contributed by atoms with Gasteiger partial charge in [-0.15, -0.1) is 0 Å². The van der Waals surface area contributed by atoms with E-state index in [-0.39, 0.29) is 18.6 Å². The monoisotopic (exact) mass is 493 g/mol. The average molecular weight is 494 g/mol. The molecule has 0 unspecified atom stereocenters. The molecule has 188 valence electrons. The highest BCUT2D eigenvalue weighted by Crippen LogP contribution is 2.31. The molecule has 0 radical (unpaired) electrons. The molecule has 37 heavy (non-hydrogen) atoms. The van der Waals surface area contributed by atoms with E-state index in [1.807, 2.05) is 45.8 Å². The van der Waals surface area contributed by atoms with Crippen LogP contribution in [0, 0.1) is 6.92 Å². The lowest BCUT2D eigenvalue weighted by Gasteiger charge is -2.30. The summed E-state index contributed by atoms with van der Waals surface area (Å²) in [5, 5.41) is 10.6. The van der Waals surface area contributed by atoms with Gasteiger partial charge in [0.2, 0.25) is 0 Å². The minimum atomic E-state index is 0.0142. The first-order chi connectivity index (χ1) is 18.0. The van der Waals surface area contributed by atoms with Gasteiger partial charge < -0.3 is 24.7 Å². The molecule has 0 saturated carbocycles. The van der Waals surface area contributed by atoms with Gasteiger partial charge in [-0.1, -0.05) is 42.5 Å². The van der Waals surface area contributed by atoms with Gasteiger partial charge in [0, 0.05) is 54.0 Å². The molecular formula is C30H31N5O2. The first-order valence-electron chi connectivity index (χ1n) is 12.8. The minimum Gasteiger partial charge on any atom is -0.392 e. The van der Waals surface area contributed by atoms with E-state index in [0.29, 0.717) is 18.7 Å². The number of fused-ring (bicyclic) bond motifs is 2. The van der Waals surface area contributed by atoms with Crippen LogP contribution in [0.25, 0.3) is 27.9 Å². The smallest absolute Gasteiger partial charge is 0.254 e. The second-order valence-corrected chi connectivity index (χ2v) is 9.99. The molecule has 3 N–H and O–H groups in total. The van der Waals surface area contributed by atoms with Crippen molar-refractivity contribution in [3.8, 4) is 11.4 Å². The Labute approximate surface area is 215 Å². The number of aryl methyl sites for hydroxylation is 1. The van der Waals surface area contributed by atoms with Gasteiger partial charge in [-0.3, -0.25) is 4.79 Å². The molecule has 2 aromatic carbocycles. The fourth-order valence-electron chi connectivity index (χ4n) is 5.43. The van der Waals surface area contributed by atoms with Crippen LogP contribution in [0.3, 0.4) is 0 Å². The topological polar surface area (TPSA) is 88.8 Å². The number of hydrogen-bond donors (Lipinski definition) is 2. The Morgan fingerprint density at radius 2 is 1.86 bits per heavy atom. The largest absolute Gasteiger partial charge is 0.392 e. The quantitative estimate of drug-likeness (QED) is 0.381. The number of aliphatic hydroxyl groups excluding tert-OH is 1. The van der Waals surface area contributed by atoms with E-state index in [2.05, 4.69) is 47.9 Å². The number of rotatable bonds is 5. The lowest BCUT2D eigenvalue weighted by atomic mass is 10.1. The van der Waals surface area contributed by atoms with Gasteiger partial charge in [0.1, 0.15) is 11.3 Å². The lowest BCUT2D eigenvalue weighted by Crippen LogP contribution is -2.45. The van der Waals surface area contributed by atoms with Crippen molar-refractivity contribution in [1.82, 2.24) is 18.9 Å². The van der Waals surface area contributed by atoms with Crippen molar-refractivity contribution in [3.63, 3.8) is 0 Å². The SMILES string of the molecule is Cc1c(-c2cc3ccccc3n2Cc2ccc(CO)cc2)nc2cc(C(=O)N3CCC[C@@H](N)C3)ccn12. The normalized spacial score (nSPS) is 16.1. The zero-order valence-corrected chi connectivity index (χ0v) is 21.0. The predicted molar refractivity (Wildman–Crippen MR) is 145 cm³/mol. The molecule has 3 aromatic heterocycles. The lowest BCUT2D eigenvalue weighted by molar-refractivity contribution is 0.0709. The van der Waals surface area contributed by atoms with Crippen molar-refractivity contribution in [2.45, 2.75) is 39.0 Å². The van der Waals surface area contributed by atoms with Gasteiger partial charge in [0.15, 0.2) is 0 Å². The molecule has 6 rings (SSSR count). The molecule has 5 aromatic rings. The summed E-state index contributed by atoms with van der Waals surface area (Å²) in [5.74, 6) is 0.0142. The van der Waals surface area contributed by atoms with Crippen LogP contribution in [0.1, 0.15) is 40.0 Å². The summed E-state index contributed by atoms with van der Waals surface area (Å²) in [6.45, 7) is 4.13. The van der Waals surface area contributed by atoms with Crippen molar-refractivity contribution in [2.75, 3.05) is 13.1 Å². The van der Waals surface area contributed by atoms with E-state index in [1.165, 1.54) is 0 Å². The fourth-order valence-corrected chi connectivity index (χ4v) is 5.43. The van der Waals surface area contributed by atoms with Crippen molar-refractivity contribution >= 4 is 22.5 Å². The second kappa shape index (κ2) is 9.50. The molecule has 0 spiro atoms. The summed E-state index contributed by atoms with van der Waals surface area (Å²) >= 11 is 0. The molecule has 0 aliphatic carbocycles. The van der Waals surface area contributed by atoms with Crippen LogP contribution in [-0.4, -0.2) is 49.0 Å². The Kier molecular flexibility index (Phi) is 6.02. The van der Waals surface area contributed by atoms with Gasteiger partial charge in [-0.25, -0.2) is 4.98 Å². The third-order valence-corrected chi connectivity index (χ3v) is 7.46. The highest BCUT2D eigenvalue weighted by Gasteiger charge is 2.24. The number of carbonyl (C=O) groups is 1. The van der Waals surface area contributed by atoms with E-state index in [4.69, 9.17) is 10.7 Å². The number of benzene rings is 2. The summed E-state index contributed by atoms with van der Waals surface area (Å²) in [4.78, 5) is 20.1. The average Bonchev–Trinajstić information content (AvgIpc) is 3.45. The van der Waals surface area contributed by atoms with Crippen molar-refractivity contribution < 1.29 is 9.90 Å². The van der Waals surface area contributed by atoms with Crippen LogP contribution in [0.15, 0.2) is 72.9 Å². The van der Waals surface area contributed by atoms with Gasteiger partial charge in [0.05, 0.1) is 12.3 Å². The van der Waals surface area contributed by atoms with E-state index < -0.39 is 0 Å². The Hall–Kier alpha value is -3.94. The number of piperidine rings is 1. The molecule has 1 amide bonds. The Bertz CT molecular complexity index is 1600. The number of para-hydroxylation sites is 1. The maximum Gasteiger partial charge on any atom is 0.254 e. The van der Waals surface area contributed by atoms with E-state index in [9.17, 15) is 9.90 Å². The van der Waals surface area contributed by atoms with Gasteiger partial charge in [0.25, 0.3) is 5.91 Å². The highest BCUT2D eigenvalue weighted by atomic mass is 16.3. The number of nitrogens with zero attached hydrogens (tertiary/aromatic N) is 4. The highest BCUT2D eigenvalue weighted by molar-refractivity contribution is 5.95. The number of amides is 1. The fraction of sp³-hybridized carbons (Fsp3) is 0.267. The Morgan fingerprint density at radius 1 is 1.08 bits per heavy atom. The molecule has 7 nitrogen and oxygen atoms in total. The van der Waals surface area contributed by atoms with E-state index >= 15 is 0 Å². The van der Waals surface area contributed by atoms with Crippen molar-refractivity contribution in [1.29, 1.82) is 0 Å². The van der Waals surface area contributed by atoms with Crippen LogP contribution >= 0.6 is 0 Å². The van der Waals surface area contributed by atoms with Crippen LogP contribution in [0.5, 0.6) is 0 Å². The van der Waals surface area contributed by atoms with Gasteiger partial charge >= 0.3 is 0 Å². The van der Waals surface area contributed by atoms with Crippen molar-refractivity contribution in [3.05, 3.63) is 95.3 Å². The maximum atomic E-state index is 13.2. The maximum absolute atomic E-state index is 13.2. The molecule has 0 bridgehead atoms. The summed E-state index contributed by atoms with van der Waals surface area (Å²) in [6, 6.07) is 22.4. The number of likely N-dealkylation sites (tertiary alicyclic amines) is 1. The number of imidazole rings is 1. The molecule has 7 heteroatoms. The number of aromatic nitrogens is 3. The minimum absolute atomic E-state index is 0.0142. The summed E-state index contributed by atoms with van der Waals surface area (Å²) in [7, 11) is 0. The summed E-state index contributed by atoms with van der Waals surface area (Å²) in [6.07, 6.45) is 3.85. The number of nitrogens with two attached hydrogens (primary N) is 1. The third-order valence-electron chi connectivity index (χ3n) is 7.46. The molecule has 1 aliphatic rings. The summed E-state index contributed by atoms with van der Waals surface area (Å²) in [5.41, 5.74) is 13.6. The first kappa shape index (κ1) is 23.5. The number of pyridine rings is 1. The van der Waals surface area contributed by atoms with E-state index in [1.54, 1.807) is 0 Å². The van der Waals surface area contributed by atoms with Gasteiger partial charge in [-0.2, -0.15) is 0 Å². The molecule has 1 aliphatic heterocycles. The molecular weight excluding hydrogens is 462 g/mol. The van der Waals surface area contributed by atoms with Crippen LogP contribution < -0.4 is 5.73 Å². The van der Waals surface area contributed by atoms with Crippen LogP contribution in [-0.2, 0) is 13.2 Å². The first-order valence-corrected chi connectivity index (χ1v) is 12.8. The van der Waals surface area contributed by atoms with Crippen LogP contribution in [0.2, 0.25) is 0 Å². The predicted octanol–water partition coefficient (Wildman–Crippen LogP) is 4.37. The van der Waals surface area contributed by atoms with Crippen LogP contribution in [0.4, 0.5) is 0 Å². The third kappa shape index (κ3) is 4.30. The molecule has 1 saturated heterocycles. The standard InChI is InChI=1S/C30H31N5O2/c1-20-29(32-28-16-24(12-14-34(20)28)30(37)33-13-4-6-25(31)18-33)27-15-23-5-2-3-7-26(23)35(27)17-21-8-10-22(19-36)11-9-21/h2-3,5,7-12,14-16,25,36H,4,6,13,17-19,31H2,1H3/t25-/m1/s1.